The molecule has 0 saturated carbocycles. The Labute approximate surface area is 125 Å². The second kappa shape index (κ2) is 6.71. The van der Waals surface area contributed by atoms with Gasteiger partial charge in [-0.3, -0.25) is 10.1 Å². The Balaban J connectivity index is 1.96. The fraction of sp³-hybridized carbons (Fsp3) is 0.0714. The van der Waals surface area contributed by atoms with Crippen LogP contribution >= 0.6 is 11.6 Å². The highest BCUT2D eigenvalue weighted by atomic mass is 35.5. The van der Waals surface area contributed by atoms with Crippen LogP contribution in [0.2, 0.25) is 5.02 Å². The average molecular weight is 308 g/mol. The van der Waals surface area contributed by atoms with Crippen molar-refractivity contribution in [2.45, 2.75) is 0 Å². The molecular weight excluding hydrogens is 298 g/mol. The van der Waals surface area contributed by atoms with Gasteiger partial charge in [-0.25, -0.2) is 4.79 Å². The second-order valence-electron chi connectivity index (χ2n) is 3.94. The number of ether oxygens (including phenoxy) is 2. The number of hydrogen-bond donors (Lipinski definition) is 0. The van der Waals surface area contributed by atoms with Gasteiger partial charge in [-0.2, -0.15) is 0 Å². The van der Waals surface area contributed by atoms with Crippen LogP contribution in [-0.4, -0.2) is 17.5 Å². The zero-order chi connectivity index (χ0) is 15.2. The number of carbonyl (C=O) groups is 1. The highest BCUT2D eigenvalue weighted by molar-refractivity contribution is 6.30. The van der Waals surface area contributed by atoms with E-state index in [1.165, 1.54) is 24.3 Å². The summed E-state index contributed by atoms with van der Waals surface area (Å²) in [5.74, 6) is -0.412. The van der Waals surface area contributed by atoms with E-state index in [1.54, 1.807) is 24.3 Å². The van der Waals surface area contributed by atoms with E-state index in [2.05, 4.69) is 0 Å². The molecule has 0 bridgehead atoms. The molecular formula is C14H10ClNO5. The molecule has 0 heterocycles. The molecule has 0 saturated heterocycles. The lowest BCUT2D eigenvalue weighted by Crippen LogP contribution is -2.18. The smallest absolute Gasteiger partial charge is 0.349 e. The van der Waals surface area contributed by atoms with Gasteiger partial charge in [0.25, 0.3) is 0 Å². The zero-order valence-electron chi connectivity index (χ0n) is 10.7. The van der Waals surface area contributed by atoms with Crippen molar-refractivity contribution in [3.8, 4) is 11.5 Å². The molecule has 7 heteroatoms. The number of rotatable bonds is 5. The summed E-state index contributed by atoms with van der Waals surface area (Å²) in [6, 6.07) is 12.0. The molecule has 2 aromatic rings. The summed E-state index contributed by atoms with van der Waals surface area (Å²) in [5, 5.41) is 11.3. The molecule has 21 heavy (non-hydrogen) atoms. The minimum Gasteiger partial charge on any atom is -0.482 e. The van der Waals surface area contributed by atoms with Crippen LogP contribution in [0.1, 0.15) is 0 Å². The largest absolute Gasteiger partial charge is 0.482 e. The van der Waals surface area contributed by atoms with Gasteiger partial charge in [-0.15, -0.1) is 0 Å². The van der Waals surface area contributed by atoms with Crippen LogP contribution in [0, 0.1) is 10.1 Å². The first-order valence-electron chi connectivity index (χ1n) is 5.89. The number of esters is 1. The normalized spacial score (nSPS) is 9.95. The Morgan fingerprint density at radius 1 is 1.14 bits per heavy atom. The monoisotopic (exact) mass is 307 g/mol. The molecule has 0 aliphatic carbocycles. The van der Waals surface area contributed by atoms with Gasteiger partial charge in [0.05, 0.1) is 4.92 Å². The van der Waals surface area contributed by atoms with Crippen LogP contribution in [0.15, 0.2) is 48.5 Å². The molecule has 0 spiro atoms. The Bertz CT molecular complexity index is 657. The molecule has 0 atom stereocenters. The predicted octanol–water partition coefficient (Wildman–Crippen LogP) is 3.23. The van der Waals surface area contributed by atoms with E-state index in [9.17, 15) is 14.9 Å². The molecule has 0 N–H and O–H groups in total. The van der Waals surface area contributed by atoms with Crippen molar-refractivity contribution >= 4 is 23.3 Å². The van der Waals surface area contributed by atoms with Crippen molar-refractivity contribution < 1.29 is 19.2 Å². The fourth-order valence-corrected chi connectivity index (χ4v) is 1.65. The fourth-order valence-electron chi connectivity index (χ4n) is 1.52. The van der Waals surface area contributed by atoms with Crippen LogP contribution in [0.5, 0.6) is 11.5 Å². The molecule has 2 rings (SSSR count). The Morgan fingerprint density at radius 2 is 1.81 bits per heavy atom. The number of benzene rings is 2. The van der Waals surface area contributed by atoms with E-state index in [1.807, 2.05) is 0 Å². The third-order valence-corrected chi connectivity index (χ3v) is 2.71. The molecule has 0 aliphatic rings. The Hall–Kier alpha value is -2.60. The van der Waals surface area contributed by atoms with Crippen LogP contribution in [0.25, 0.3) is 0 Å². The number of nitro groups is 1. The summed E-state index contributed by atoms with van der Waals surface area (Å²) in [6.45, 7) is -0.367. The summed E-state index contributed by atoms with van der Waals surface area (Å²) in [5.41, 5.74) is -0.280. The highest BCUT2D eigenvalue weighted by Gasteiger charge is 2.17. The van der Waals surface area contributed by atoms with Crippen LogP contribution < -0.4 is 9.47 Å². The number of halogens is 1. The summed E-state index contributed by atoms with van der Waals surface area (Å²) in [4.78, 5) is 21.8. The van der Waals surface area contributed by atoms with Crippen molar-refractivity contribution in [3.05, 3.63) is 63.7 Å². The van der Waals surface area contributed by atoms with Gasteiger partial charge in [0.15, 0.2) is 6.61 Å². The van der Waals surface area contributed by atoms with Crippen LogP contribution in [-0.2, 0) is 4.79 Å². The van der Waals surface area contributed by atoms with Crippen molar-refractivity contribution in [2.24, 2.45) is 0 Å². The van der Waals surface area contributed by atoms with Gasteiger partial charge in [0, 0.05) is 11.1 Å². The summed E-state index contributed by atoms with van der Waals surface area (Å²) in [7, 11) is 0. The lowest BCUT2D eigenvalue weighted by molar-refractivity contribution is -0.385. The third-order valence-electron chi connectivity index (χ3n) is 2.46. The molecule has 2 aromatic carbocycles. The first kappa shape index (κ1) is 14.8. The first-order chi connectivity index (χ1) is 10.1. The molecule has 0 aliphatic heterocycles. The predicted molar refractivity (Wildman–Crippen MR) is 75.7 cm³/mol. The third kappa shape index (κ3) is 4.19. The lowest BCUT2D eigenvalue weighted by Gasteiger charge is -2.07. The van der Waals surface area contributed by atoms with E-state index >= 15 is 0 Å². The standard InChI is InChI=1S/C14H10ClNO5/c15-10-5-7-11(8-6-10)20-9-14(17)21-13-4-2-1-3-12(13)16(18)19/h1-8H,9H2. The van der Waals surface area contributed by atoms with Crippen molar-refractivity contribution in [1.29, 1.82) is 0 Å². The molecule has 0 radical (unpaired) electrons. The van der Waals surface area contributed by atoms with Crippen LogP contribution in [0.4, 0.5) is 5.69 Å². The Morgan fingerprint density at radius 3 is 2.48 bits per heavy atom. The number of nitro benzene ring substituents is 1. The minimum absolute atomic E-state index is 0.118. The maximum atomic E-state index is 11.6. The van der Waals surface area contributed by atoms with Gasteiger partial charge in [-0.05, 0) is 30.3 Å². The second-order valence-corrected chi connectivity index (χ2v) is 4.38. The summed E-state index contributed by atoms with van der Waals surface area (Å²) >= 11 is 5.72. The van der Waals surface area contributed by atoms with Gasteiger partial charge in [-0.1, -0.05) is 23.7 Å². The summed E-state index contributed by atoms with van der Waals surface area (Å²) in [6.07, 6.45) is 0. The number of hydrogen-bond acceptors (Lipinski definition) is 5. The van der Waals surface area contributed by atoms with E-state index in [0.717, 1.165) is 0 Å². The molecule has 6 nitrogen and oxygen atoms in total. The highest BCUT2D eigenvalue weighted by Crippen LogP contribution is 2.26. The maximum absolute atomic E-state index is 11.6. The maximum Gasteiger partial charge on any atom is 0.349 e. The number of carbonyl (C=O) groups excluding carboxylic acids is 1. The molecule has 0 aromatic heterocycles. The van der Waals surface area contributed by atoms with Gasteiger partial charge in [0.1, 0.15) is 5.75 Å². The topological polar surface area (TPSA) is 78.7 Å². The Kier molecular flexibility index (Phi) is 4.73. The van der Waals surface area contributed by atoms with Crippen molar-refractivity contribution in [3.63, 3.8) is 0 Å². The number of para-hydroxylation sites is 2. The van der Waals surface area contributed by atoms with E-state index in [-0.39, 0.29) is 18.0 Å². The van der Waals surface area contributed by atoms with E-state index < -0.39 is 10.9 Å². The molecule has 108 valence electrons. The van der Waals surface area contributed by atoms with Gasteiger partial charge in [0.2, 0.25) is 5.75 Å². The average Bonchev–Trinajstić information content (AvgIpc) is 2.47. The SMILES string of the molecule is O=C(COc1ccc(Cl)cc1)Oc1ccccc1[N+](=O)[O-]. The van der Waals surface area contributed by atoms with Crippen molar-refractivity contribution in [1.82, 2.24) is 0 Å². The van der Waals surface area contributed by atoms with Crippen molar-refractivity contribution in [2.75, 3.05) is 6.61 Å². The van der Waals surface area contributed by atoms with E-state index in [4.69, 9.17) is 21.1 Å². The first-order valence-corrected chi connectivity index (χ1v) is 6.26. The summed E-state index contributed by atoms with van der Waals surface area (Å²) < 4.78 is 10.1. The molecule has 0 amide bonds. The number of nitrogens with zero attached hydrogens (tertiary/aromatic N) is 1. The van der Waals surface area contributed by atoms with Gasteiger partial charge < -0.3 is 9.47 Å². The zero-order valence-corrected chi connectivity index (χ0v) is 11.4. The lowest BCUT2D eigenvalue weighted by atomic mass is 10.3. The van der Waals surface area contributed by atoms with E-state index in [0.29, 0.717) is 10.8 Å². The van der Waals surface area contributed by atoms with Crippen LogP contribution in [0.3, 0.4) is 0 Å². The quantitative estimate of drug-likeness (QED) is 0.367. The minimum atomic E-state index is -0.737. The molecule has 0 unspecified atom stereocenters. The molecule has 0 fully saturated rings. The van der Waals surface area contributed by atoms with Gasteiger partial charge >= 0.3 is 11.7 Å².